The molecule has 0 saturated carbocycles. The summed E-state index contributed by atoms with van der Waals surface area (Å²) >= 11 is 8.09. The number of hydrogen-bond acceptors (Lipinski definition) is 9. The van der Waals surface area contributed by atoms with E-state index in [0.717, 1.165) is 9.44 Å². The number of rotatable bonds is 10. The number of amides is 1. The molecule has 0 radical (unpaired) electrons. The third kappa shape index (κ3) is 5.47. The third-order valence-electron chi connectivity index (χ3n) is 5.28. The van der Waals surface area contributed by atoms with Crippen LogP contribution in [0, 0.1) is 18.3 Å². The average Bonchev–Trinajstić information content (AvgIpc) is 3.40. The molecule has 0 spiro atoms. The minimum Gasteiger partial charge on any atom is -0.494 e. The minimum absolute atomic E-state index is 0.0105. The van der Waals surface area contributed by atoms with E-state index in [2.05, 4.69) is 0 Å². The Morgan fingerprint density at radius 1 is 1.32 bits per heavy atom. The molecule has 0 aliphatic carbocycles. The van der Waals surface area contributed by atoms with Gasteiger partial charge in [0.1, 0.15) is 16.0 Å². The van der Waals surface area contributed by atoms with Crippen molar-refractivity contribution >= 4 is 57.4 Å². The number of pyridine rings is 1. The molecule has 11 heteroatoms. The fourth-order valence-electron chi connectivity index (χ4n) is 3.58. The van der Waals surface area contributed by atoms with Gasteiger partial charge in [-0.1, -0.05) is 30.0 Å². The van der Waals surface area contributed by atoms with Gasteiger partial charge >= 0.3 is 0 Å². The average molecular weight is 518 g/mol. The first-order valence-corrected chi connectivity index (χ1v) is 12.6. The van der Waals surface area contributed by atoms with Crippen molar-refractivity contribution in [3.63, 3.8) is 0 Å². The van der Waals surface area contributed by atoms with Crippen molar-refractivity contribution in [1.82, 2.24) is 9.47 Å². The molecular formula is C23H23N3O5S3. The number of aromatic hydroxyl groups is 1. The summed E-state index contributed by atoms with van der Waals surface area (Å²) in [6.45, 7) is 2.19. The topological polar surface area (TPSA) is 113 Å². The van der Waals surface area contributed by atoms with E-state index in [-0.39, 0.29) is 42.1 Å². The number of ketones is 1. The van der Waals surface area contributed by atoms with Gasteiger partial charge in [0.15, 0.2) is 5.78 Å². The number of thiocarbonyl (C=S) groups is 1. The van der Waals surface area contributed by atoms with Crippen molar-refractivity contribution < 1.29 is 19.4 Å². The highest BCUT2D eigenvalue weighted by Gasteiger charge is 2.32. The summed E-state index contributed by atoms with van der Waals surface area (Å²) in [6.07, 6.45) is 2.55. The smallest absolute Gasteiger partial charge is 0.271 e. The molecule has 3 rings (SSSR count). The van der Waals surface area contributed by atoms with Crippen molar-refractivity contribution in [3.8, 4) is 11.9 Å². The predicted octanol–water partition coefficient (Wildman–Crippen LogP) is 3.70. The van der Waals surface area contributed by atoms with Crippen LogP contribution >= 0.6 is 35.3 Å². The molecule has 2 aromatic heterocycles. The van der Waals surface area contributed by atoms with Crippen LogP contribution < -0.4 is 5.56 Å². The van der Waals surface area contributed by atoms with E-state index in [0.29, 0.717) is 28.7 Å². The quantitative estimate of drug-likeness (QED) is 0.220. The summed E-state index contributed by atoms with van der Waals surface area (Å²) in [5.74, 6) is -1.06. The fourth-order valence-corrected chi connectivity index (χ4v) is 5.61. The molecule has 1 N–H and O–H groups in total. The first-order valence-electron chi connectivity index (χ1n) is 10.5. The van der Waals surface area contributed by atoms with Crippen LogP contribution in [0.5, 0.6) is 5.88 Å². The molecule has 1 aliphatic rings. The number of aromatic nitrogens is 1. The standard InChI is InChI=1S/C23H23N3O5S3/c1-14-16(13-24)20(28)25(9-5-10-31-2)22(30)19(14)17(27)7-3-8-26-21(29)18(34-23(26)32)12-15-6-4-11-33-15/h4,6,11-12,30H,3,5,7-10H2,1-2H3/b18-12-. The van der Waals surface area contributed by atoms with Crippen molar-refractivity contribution in [2.75, 3.05) is 20.3 Å². The Labute approximate surface area is 210 Å². The van der Waals surface area contributed by atoms with Crippen molar-refractivity contribution in [2.24, 2.45) is 0 Å². The Kier molecular flexibility index (Phi) is 8.79. The molecular weight excluding hydrogens is 494 g/mol. The van der Waals surface area contributed by atoms with Crippen LogP contribution in [0.1, 0.15) is 45.6 Å². The van der Waals surface area contributed by atoms with Gasteiger partial charge in [0.25, 0.3) is 11.5 Å². The van der Waals surface area contributed by atoms with Gasteiger partial charge in [-0.25, -0.2) is 0 Å². The molecule has 1 fully saturated rings. The third-order valence-corrected chi connectivity index (χ3v) is 7.48. The van der Waals surface area contributed by atoms with Crippen molar-refractivity contribution in [3.05, 3.63) is 54.3 Å². The summed E-state index contributed by atoms with van der Waals surface area (Å²) in [5, 5.41) is 22.1. The van der Waals surface area contributed by atoms with Crippen LogP contribution in [0.25, 0.3) is 6.08 Å². The highest BCUT2D eigenvalue weighted by molar-refractivity contribution is 8.26. The van der Waals surface area contributed by atoms with E-state index in [1.165, 1.54) is 42.0 Å². The van der Waals surface area contributed by atoms with Crippen molar-refractivity contribution in [2.45, 2.75) is 32.7 Å². The lowest BCUT2D eigenvalue weighted by molar-refractivity contribution is -0.122. The molecule has 1 aliphatic heterocycles. The number of thiophene rings is 1. The molecule has 3 heterocycles. The van der Waals surface area contributed by atoms with E-state index >= 15 is 0 Å². The number of hydrogen-bond donors (Lipinski definition) is 1. The second kappa shape index (κ2) is 11.6. The molecule has 1 amide bonds. The van der Waals surface area contributed by atoms with Gasteiger partial charge in [-0.05, 0) is 42.9 Å². The first kappa shape index (κ1) is 25.8. The molecule has 8 nitrogen and oxygen atoms in total. The number of nitrogens with zero attached hydrogens (tertiary/aromatic N) is 3. The summed E-state index contributed by atoms with van der Waals surface area (Å²) in [6, 6.07) is 5.66. The Morgan fingerprint density at radius 2 is 2.09 bits per heavy atom. The van der Waals surface area contributed by atoms with Gasteiger partial charge in [-0.2, -0.15) is 5.26 Å². The maximum atomic E-state index is 13.0. The number of methoxy groups -OCH3 is 1. The zero-order chi connectivity index (χ0) is 24.8. The number of Topliss-reactive ketones (excluding diaryl/α,β-unsaturated/α-hetero) is 1. The second-order valence-electron chi connectivity index (χ2n) is 7.49. The van der Waals surface area contributed by atoms with Gasteiger partial charge in [0.2, 0.25) is 5.88 Å². The molecule has 1 saturated heterocycles. The molecule has 0 atom stereocenters. The Bertz CT molecular complexity index is 1240. The van der Waals surface area contributed by atoms with Crippen LogP contribution in [0.4, 0.5) is 0 Å². The van der Waals surface area contributed by atoms with Crippen LogP contribution in [-0.2, 0) is 16.1 Å². The lowest BCUT2D eigenvalue weighted by atomic mass is 9.99. The van der Waals surface area contributed by atoms with Crippen LogP contribution in [-0.4, -0.2) is 50.8 Å². The van der Waals surface area contributed by atoms with E-state index in [1.807, 2.05) is 23.6 Å². The summed E-state index contributed by atoms with van der Waals surface area (Å²) in [4.78, 5) is 41.3. The van der Waals surface area contributed by atoms with E-state index in [1.54, 1.807) is 6.08 Å². The zero-order valence-corrected chi connectivity index (χ0v) is 21.1. The SMILES string of the molecule is COCCCn1c(O)c(C(=O)CCCN2C(=O)/C(=C/c3cccs3)SC2=S)c(C)c(C#N)c1=O. The normalized spacial score (nSPS) is 14.7. The van der Waals surface area contributed by atoms with Gasteiger partial charge in [0, 0.05) is 38.1 Å². The van der Waals surface area contributed by atoms with Gasteiger partial charge in [0.05, 0.1) is 10.5 Å². The van der Waals surface area contributed by atoms with Crippen LogP contribution in [0.3, 0.4) is 0 Å². The monoisotopic (exact) mass is 517 g/mol. The van der Waals surface area contributed by atoms with E-state index < -0.39 is 17.2 Å². The van der Waals surface area contributed by atoms with Gasteiger partial charge in [-0.3, -0.25) is 23.9 Å². The molecule has 178 valence electrons. The van der Waals surface area contributed by atoms with E-state index in [9.17, 15) is 24.8 Å². The van der Waals surface area contributed by atoms with E-state index in [4.69, 9.17) is 17.0 Å². The highest BCUT2D eigenvalue weighted by Crippen LogP contribution is 2.33. The van der Waals surface area contributed by atoms with Crippen LogP contribution in [0.15, 0.2) is 27.2 Å². The summed E-state index contributed by atoms with van der Waals surface area (Å²) in [7, 11) is 1.52. The highest BCUT2D eigenvalue weighted by atomic mass is 32.2. The van der Waals surface area contributed by atoms with Gasteiger partial charge < -0.3 is 9.84 Å². The largest absolute Gasteiger partial charge is 0.494 e. The number of ether oxygens (including phenoxy) is 1. The van der Waals surface area contributed by atoms with Gasteiger partial charge in [-0.15, -0.1) is 11.3 Å². The molecule has 34 heavy (non-hydrogen) atoms. The maximum absolute atomic E-state index is 13.0. The maximum Gasteiger partial charge on any atom is 0.271 e. The molecule has 0 bridgehead atoms. The Hall–Kier alpha value is -2.78. The molecule has 2 aromatic rings. The first-order chi connectivity index (χ1) is 16.3. The zero-order valence-electron chi connectivity index (χ0n) is 18.7. The predicted molar refractivity (Wildman–Crippen MR) is 136 cm³/mol. The number of carbonyl (C=O) groups excluding carboxylic acids is 2. The van der Waals surface area contributed by atoms with Crippen LogP contribution in [0.2, 0.25) is 0 Å². The molecule has 0 aromatic carbocycles. The lowest BCUT2D eigenvalue weighted by Crippen LogP contribution is -2.30. The Morgan fingerprint density at radius 3 is 2.74 bits per heavy atom. The summed E-state index contributed by atoms with van der Waals surface area (Å²) in [5.41, 5.74) is -0.700. The fraction of sp³-hybridized carbons (Fsp3) is 0.348. The van der Waals surface area contributed by atoms with Crippen molar-refractivity contribution in [1.29, 1.82) is 5.26 Å². The number of nitriles is 1. The minimum atomic E-state index is -0.639. The Balaban J connectivity index is 1.73. The number of thioether (sulfide) groups is 1. The summed E-state index contributed by atoms with van der Waals surface area (Å²) < 4.78 is 6.45. The lowest BCUT2D eigenvalue weighted by Gasteiger charge is -2.16. The second-order valence-corrected chi connectivity index (χ2v) is 10.1. The number of carbonyl (C=O) groups is 2. The molecule has 0 unspecified atom stereocenters.